The molecule has 5 aromatic rings. The molecule has 5 aliphatic heterocycles. The van der Waals surface area contributed by atoms with E-state index in [0.717, 1.165) is 32.2 Å². The molecule has 5 aliphatic rings. The zero-order valence-corrected chi connectivity index (χ0v) is 32.1. The number of nitrogens with zero attached hydrogens (tertiary/aromatic N) is 5. The summed E-state index contributed by atoms with van der Waals surface area (Å²) in [5, 5.41) is 0.795. The van der Waals surface area contributed by atoms with Gasteiger partial charge in [-0.1, -0.05) is 12.0 Å². The quantitative estimate of drug-likeness (QED) is 0.0893. The number of benzene rings is 3. The highest BCUT2D eigenvalue weighted by molar-refractivity contribution is 6.05. The molecule has 0 N–H and O–H groups in total. The molecular formula is C43H41F4N5O6. The Kier molecular flexibility index (Phi) is 8.96. The predicted molar refractivity (Wildman–Crippen MR) is 205 cm³/mol. The Hall–Kier alpha value is -5.17. The van der Waals surface area contributed by atoms with E-state index in [0.29, 0.717) is 55.2 Å². The van der Waals surface area contributed by atoms with Crippen LogP contribution in [0.25, 0.3) is 32.8 Å². The van der Waals surface area contributed by atoms with Crippen molar-refractivity contribution in [2.24, 2.45) is 0 Å². The first-order valence-corrected chi connectivity index (χ1v) is 19.8. The maximum absolute atomic E-state index is 17.7. The zero-order chi connectivity index (χ0) is 40.0. The molecule has 5 atom stereocenters. The fourth-order valence-electron chi connectivity index (χ4n) is 10.7. The van der Waals surface area contributed by atoms with Gasteiger partial charge in [0.2, 0.25) is 0 Å². The van der Waals surface area contributed by atoms with Gasteiger partial charge >= 0.3 is 11.8 Å². The van der Waals surface area contributed by atoms with Crippen molar-refractivity contribution in [1.82, 2.24) is 19.8 Å². The highest BCUT2D eigenvalue weighted by Crippen LogP contribution is 2.49. The minimum Gasteiger partial charge on any atom is -0.468 e. The summed E-state index contributed by atoms with van der Waals surface area (Å²) in [6.07, 6.45) is 9.17. The molecule has 7 heterocycles. The lowest BCUT2D eigenvalue weighted by molar-refractivity contribution is 0.0512. The van der Waals surface area contributed by atoms with Crippen molar-refractivity contribution in [1.29, 1.82) is 0 Å². The molecule has 4 saturated heterocycles. The molecule has 0 radical (unpaired) electrons. The van der Waals surface area contributed by atoms with Crippen LogP contribution in [-0.2, 0) is 17.7 Å². The number of aryl methyl sites for hydroxylation is 2. The Bertz CT molecular complexity index is 2590. The minimum absolute atomic E-state index is 0.00330. The number of hydrogen-bond acceptors (Lipinski definition) is 11. The standard InChI is InChI=1S/C43H41F4N5O6/c1-4-27-30(45)9-6-23-14-26(56-21-54-3)15-29(34(23)27)35-37(46)28-8-11-32-31-10-7-25(51(31)19-33-22(2)57-42(53)58-33)18-52(32)40-36(28)39(38(35)47)48-41(49-40)55-20-43-12-5-13-50(43)17-24(44)16-43/h1,6,9,14-15,24-25,31-32H,5,7-8,10-13,16-21H2,2-3H3/t24-,25-,31+,32-,43+/m1/s1. The van der Waals surface area contributed by atoms with Gasteiger partial charge < -0.3 is 27.9 Å². The van der Waals surface area contributed by atoms with Crippen LogP contribution in [0.3, 0.4) is 0 Å². The number of aromatic nitrogens is 2. The van der Waals surface area contributed by atoms with E-state index < -0.39 is 40.5 Å². The molecule has 15 heteroatoms. The Balaban J connectivity index is 1.15. The van der Waals surface area contributed by atoms with Gasteiger partial charge in [-0.15, -0.1) is 6.42 Å². The van der Waals surface area contributed by atoms with Crippen LogP contribution in [0.4, 0.5) is 23.4 Å². The number of alkyl halides is 1. The van der Waals surface area contributed by atoms with Crippen molar-refractivity contribution in [3.63, 3.8) is 0 Å². The van der Waals surface area contributed by atoms with Crippen LogP contribution in [0.1, 0.15) is 61.2 Å². The second kappa shape index (κ2) is 14.0. The molecule has 0 amide bonds. The van der Waals surface area contributed by atoms with Gasteiger partial charge in [-0.25, -0.2) is 22.4 Å². The third-order valence-corrected chi connectivity index (χ3v) is 13.2. The van der Waals surface area contributed by atoms with Crippen LogP contribution in [0.2, 0.25) is 0 Å². The summed E-state index contributed by atoms with van der Waals surface area (Å²) < 4.78 is 93.3. The first-order chi connectivity index (χ1) is 28.1. The Morgan fingerprint density at radius 1 is 1.03 bits per heavy atom. The first-order valence-electron chi connectivity index (χ1n) is 19.8. The molecule has 3 aromatic carbocycles. The van der Waals surface area contributed by atoms with E-state index in [2.05, 4.69) is 25.6 Å². The highest BCUT2D eigenvalue weighted by atomic mass is 19.1. The summed E-state index contributed by atoms with van der Waals surface area (Å²) in [5.74, 6) is 0.566. The minimum atomic E-state index is -0.988. The van der Waals surface area contributed by atoms with E-state index in [4.69, 9.17) is 34.5 Å². The summed E-state index contributed by atoms with van der Waals surface area (Å²) in [7, 11) is 1.45. The molecular weight excluding hydrogens is 758 g/mol. The number of fused-ring (bicyclic) bond motifs is 7. The van der Waals surface area contributed by atoms with Crippen LogP contribution < -0.4 is 20.2 Å². The van der Waals surface area contributed by atoms with Gasteiger partial charge in [0.05, 0.1) is 28.6 Å². The lowest BCUT2D eigenvalue weighted by Gasteiger charge is -2.47. The van der Waals surface area contributed by atoms with Crippen LogP contribution >= 0.6 is 0 Å². The van der Waals surface area contributed by atoms with Gasteiger partial charge in [0.15, 0.2) is 18.4 Å². The number of hydrogen-bond donors (Lipinski definition) is 0. The summed E-state index contributed by atoms with van der Waals surface area (Å²) in [5.41, 5.74) is -1.05. The second-order valence-electron chi connectivity index (χ2n) is 16.2. The van der Waals surface area contributed by atoms with Gasteiger partial charge in [-0.3, -0.25) is 9.80 Å². The number of piperazine rings is 1. The number of anilines is 1. The van der Waals surface area contributed by atoms with Crippen molar-refractivity contribution in [3.8, 4) is 35.2 Å². The maximum atomic E-state index is 17.7. The molecule has 0 saturated carbocycles. The maximum Gasteiger partial charge on any atom is 0.519 e. The van der Waals surface area contributed by atoms with Gasteiger partial charge in [0, 0.05) is 61.3 Å². The molecule has 4 fully saturated rings. The van der Waals surface area contributed by atoms with Crippen molar-refractivity contribution in [2.75, 3.05) is 45.0 Å². The first kappa shape index (κ1) is 37.1. The van der Waals surface area contributed by atoms with Crippen molar-refractivity contribution >= 4 is 27.5 Å². The number of methoxy groups -OCH3 is 1. The van der Waals surface area contributed by atoms with E-state index in [1.54, 1.807) is 13.0 Å². The monoisotopic (exact) mass is 799 g/mol. The summed E-state index contributed by atoms with van der Waals surface area (Å²) in [6, 6.07) is 5.42. The summed E-state index contributed by atoms with van der Waals surface area (Å²) in [6.45, 7) is 3.58. The van der Waals surface area contributed by atoms with Crippen LogP contribution in [0.5, 0.6) is 11.8 Å². The number of rotatable bonds is 9. The van der Waals surface area contributed by atoms with Gasteiger partial charge in [-0.05, 0) is 75.6 Å². The molecule has 11 nitrogen and oxygen atoms in total. The number of terminal acetylenes is 1. The lowest BCUT2D eigenvalue weighted by Crippen LogP contribution is -2.59. The molecule has 2 aromatic heterocycles. The average Bonchev–Trinajstić information content (AvgIpc) is 3.88. The fraction of sp³-hybridized carbons (Fsp3) is 0.465. The largest absolute Gasteiger partial charge is 0.519 e. The van der Waals surface area contributed by atoms with Crippen molar-refractivity contribution < 1.29 is 40.6 Å². The molecule has 2 bridgehead atoms. The van der Waals surface area contributed by atoms with E-state index >= 15 is 13.2 Å². The van der Waals surface area contributed by atoms with Gasteiger partial charge in [0.1, 0.15) is 47.3 Å². The Morgan fingerprint density at radius 2 is 1.90 bits per heavy atom. The Labute approximate surface area is 330 Å². The number of ether oxygens (including phenoxy) is 3. The SMILES string of the molecule is C#Cc1c(F)ccc2cc(OCOC)cc(-c3c(F)c4c5c(nc(OC[C@@]67CCCN6C[C@H](F)C7)nc5c3F)N3C[C@H]5CC[C@@H]([C@H]3CC4)N5Cc3oc(=O)oc3C)c12. The van der Waals surface area contributed by atoms with Crippen LogP contribution in [0.15, 0.2) is 37.9 Å². The molecule has 302 valence electrons. The average molecular weight is 800 g/mol. The van der Waals surface area contributed by atoms with E-state index in [1.165, 1.54) is 25.3 Å². The zero-order valence-electron chi connectivity index (χ0n) is 32.1. The predicted octanol–water partition coefficient (Wildman–Crippen LogP) is 6.81. The fourth-order valence-corrected chi connectivity index (χ4v) is 10.7. The molecule has 0 spiro atoms. The van der Waals surface area contributed by atoms with Gasteiger partial charge in [-0.2, -0.15) is 9.97 Å². The smallest absolute Gasteiger partial charge is 0.468 e. The molecule has 10 rings (SSSR count). The normalized spacial score (nSPS) is 25.3. The van der Waals surface area contributed by atoms with E-state index in [-0.39, 0.29) is 82.7 Å². The van der Waals surface area contributed by atoms with Crippen LogP contribution in [0, 0.1) is 36.7 Å². The lowest BCUT2D eigenvalue weighted by atomic mass is 9.90. The van der Waals surface area contributed by atoms with Crippen LogP contribution in [-0.4, -0.2) is 89.7 Å². The number of halogens is 4. The third kappa shape index (κ3) is 5.78. The third-order valence-electron chi connectivity index (χ3n) is 13.2. The molecule has 58 heavy (non-hydrogen) atoms. The Morgan fingerprint density at radius 3 is 2.69 bits per heavy atom. The molecule has 0 aliphatic carbocycles. The van der Waals surface area contributed by atoms with Crippen molar-refractivity contribution in [2.45, 2.75) is 88.3 Å². The second-order valence-corrected chi connectivity index (χ2v) is 16.2. The van der Waals surface area contributed by atoms with E-state index in [1.807, 2.05) is 0 Å². The summed E-state index contributed by atoms with van der Waals surface area (Å²) in [4.78, 5) is 28.1. The van der Waals surface area contributed by atoms with E-state index in [9.17, 15) is 9.18 Å². The highest BCUT2D eigenvalue weighted by Gasteiger charge is 2.51. The van der Waals surface area contributed by atoms with Gasteiger partial charge in [0.25, 0.3) is 0 Å². The topological polar surface area (TPSA) is 107 Å². The molecule has 0 unspecified atom stereocenters. The van der Waals surface area contributed by atoms with Crippen molar-refractivity contribution in [3.05, 3.63) is 75.0 Å². The summed E-state index contributed by atoms with van der Waals surface area (Å²) >= 11 is 0.